The lowest BCUT2D eigenvalue weighted by molar-refractivity contribution is 0.0920. The zero-order chi connectivity index (χ0) is 13.2. The summed E-state index contributed by atoms with van der Waals surface area (Å²) in [6, 6.07) is 4.07. The van der Waals surface area contributed by atoms with Crippen molar-refractivity contribution in [3.8, 4) is 5.75 Å². The number of Topliss-reactive ketones (excluding diaryl/α,β-unsaturated/α-hetero) is 1. The second kappa shape index (κ2) is 5.39. The predicted molar refractivity (Wildman–Crippen MR) is 72.0 cm³/mol. The molecule has 0 aromatic heterocycles. The second-order valence-corrected chi connectivity index (χ2v) is 6.22. The second-order valence-electron chi connectivity index (χ2n) is 4.70. The SMILES string of the molecule is COc1ccc(F)cc1C(=O)C1(Br)CCCCC1. The highest BCUT2D eigenvalue weighted by atomic mass is 79.9. The summed E-state index contributed by atoms with van der Waals surface area (Å²) in [5.74, 6) is -0.0459. The molecule has 2 nitrogen and oxygen atoms in total. The zero-order valence-electron chi connectivity index (χ0n) is 10.3. The smallest absolute Gasteiger partial charge is 0.183 e. The van der Waals surface area contributed by atoms with Crippen LogP contribution in [0.1, 0.15) is 42.5 Å². The van der Waals surface area contributed by atoms with Gasteiger partial charge in [-0.2, -0.15) is 0 Å². The van der Waals surface area contributed by atoms with Gasteiger partial charge in [0.15, 0.2) is 5.78 Å². The number of halogens is 2. The van der Waals surface area contributed by atoms with Crippen LogP contribution >= 0.6 is 15.9 Å². The Morgan fingerprint density at radius 2 is 2.00 bits per heavy atom. The molecular weight excluding hydrogens is 299 g/mol. The van der Waals surface area contributed by atoms with E-state index < -0.39 is 10.1 Å². The summed E-state index contributed by atoms with van der Waals surface area (Å²) in [7, 11) is 1.49. The number of ketones is 1. The van der Waals surface area contributed by atoms with Crippen molar-refractivity contribution in [3.63, 3.8) is 0 Å². The highest BCUT2D eigenvalue weighted by Gasteiger charge is 2.38. The van der Waals surface area contributed by atoms with Gasteiger partial charge in [-0.25, -0.2) is 4.39 Å². The van der Waals surface area contributed by atoms with Crippen LogP contribution in [0.3, 0.4) is 0 Å². The van der Waals surface area contributed by atoms with Gasteiger partial charge in [0.2, 0.25) is 0 Å². The summed E-state index contributed by atoms with van der Waals surface area (Å²) in [5.41, 5.74) is 0.330. The van der Waals surface area contributed by atoms with Gasteiger partial charge in [0.25, 0.3) is 0 Å². The third kappa shape index (κ3) is 2.58. The Balaban J connectivity index is 2.35. The molecule has 1 fully saturated rings. The Labute approximate surface area is 115 Å². The molecule has 1 aliphatic rings. The summed E-state index contributed by atoms with van der Waals surface area (Å²) in [5, 5.41) is 0. The number of carbonyl (C=O) groups excluding carboxylic acids is 1. The lowest BCUT2D eigenvalue weighted by Gasteiger charge is -2.30. The van der Waals surface area contributed by atoms with Crippen molar-refractivity contribution in [2.75, 3.05) is 7.11 Å². The maximum atomic E-state index is 13.3. The highest BCUT2D eigenvalue weighted by molar-refractivity contribution is 9.10. The monoisotopic (exact) mass is 314 g/mol. The molecule has 0 bridgehead atoms. The van der Waals surface area contributed by atoms with Crippen molar-refractivity contribution in [2.45, 2.75) is 36.4 Å². The molecule has 0 unspecified atom stereocenters. The van der Waals surface area contributed by atoms with E-state index in [1.54, 1.807) is 0 Å². The van der Waals surface area contributed by atoms with E-state index in [-0.39, 0.29) is 5.78 Å². The van der Waals surface area contributed by atoms with Crippen molar-refractivity contribution >= 4 is 21.7 Å². The highest BCUT2D eigenvalue weighted by Crippen LogP contribution is 2.40. The van der Waals surface area contributed by atoms with Crippen LogP contribution in [-0.2, 0) is 0 Å². The normalized spacial score (nSPS) is 18.4. The van der Waals surface area contributed by atoms with Crippen LogP contribution < -0.4 is 4.74 Å². The fraction of sp³-hybridized carbons (Fsp3) is 0.500. The van der Waals surface area contributed by atoms with Crippen LogP contribution in [-0.4, -0.2) is 17.2 Å². The van der Waals surface area contributed by atoms with Crippen molar-refractivity contribution in [2.24, 2.45) is 0 Å². The lowest BCUT2D eigenvalue weighted by atomic mass is 9.83. The topological polar surface area (TPSA) is 26.3 Å². The summed E-state index contributed by atoms with van der Waals surface area (Å²) < 4.78 is 17.9. The van der Waals surface area contributed by atoms with Crippen LogP contribution in [0.5, 0.6) is 5.75 Å². The number of methoxy groups -OCH3 is 1. The Hall–Kier alpha value is -0.900. The van der Waals surface area contributed by atoms with Gasteiger partial charge in [-0.1, -0.05) is 35.2 Å². The van der Waals surface area contributed by atoms with Crippen LogP contribution in [0.15, 0.2) is 18.2 Å². The van der Waals surface area contributed by atoms with E-state index in [1.165, 1.54) is 25.3 Å². The average Bonchev–Trinajstić information content (AvgIpc) is 2.38. The fourth-order valence-electron chi connectivity index (χ4n) is 2.44. The van der Waals surface area contributed by atoms with Gasteiger partial charge in [-0.3, -0.25) is 4.79 Å². The Morgan fingerprint density at radius 3 is 2.61 bits per heavy atom. The van der Waals surface area contributed by atoms with Crippen LogP contribution in [0, 0.1) is 5.82 Å². The van der Waals surface area contributed by atoms with Gasteiger partial charge in [0.05, 0.1) is 17.0 Å². The summed E-state index contributed by atoms with van der Waals surface area (Å²) in [6.45, 7) is 0. The van der Waals surface area contributed by atoms with Gasteiger partial charge in [0.1, 0.15) is 11.6 Å². The molecule has 0 amide bonds. The van der Waals surface area contributed by atoms with E-state index in [9.17, 15) is 9.18 Å². The van der Waals surface area contributed by atoms with E-state index in [0.29, 0.717) is 11.3 Å². The van der Waals surface area contributed by atoms with Crippen LogP contribution in [0.4, 0.5) is 4.39 Å². The van der Waals surface area contributed by atoms with Crippen molar-refractivity contribution in [3.05, 3.63) is 29.6 Å². The van der Waals surface area contributed by atoms with Gasteiger partial charge in [-0.05, 0) is 31.0 Å². The minimum Gasteiger partial charge on any atom is -0.496 e. The molecule has 0 atom stereocenters. The fourth-order valence-corrected chi connectivity index (χ4v) is 3.21. The first-order valence-corrected chi connectivity index (χ1v) is 6.93. The van der Waals surface area contributed by atoms with Gasteiger partial charge in [-0.15, -0.1) is 0 Å². The molecule has 1 aromatic rings. The number of hydrogen-bond donors (Lipinski definition) is 0. The van der Waals surface area contributed by atoms with Crippen molar-refractivity contribution in [1.29, 1.82) is 0 Å². The third-order valence-corrected chi connectivity index (χ3v) is 4.61. The summed E-state index contributed by atoms with van der Waals surface area (Å²) in [6.07, 6.45) is 4.79. The molecule has 18 heavy (non-hydrogen) atoms. The number of benzene rings is 1. The quantitative estimate of drug-likeness (QED) is 0.620. The van der Waals surface area contributed by atoms with E-state index in [0.717, 1.165) is 32.1 Å². The number of alkyl halides is 1. The largest absolute Gasteiger partial charge is 0.496 e. The number of rotatable bonds is 3. The summed E-state index contributed by atoms with van der Waals surface area (Å²) in [4.78, 5) is 12.6. The first kappa shape index (κ1) is 13.5. The molecule has 0 radical (unpaired) electrons. The molecular formula is C14H16BrFO2. The number of hydrogen-bond acceptors (Lipinski definition) is 2. The predicted octanol–water partition coefficient (Wildman–Crippen LogP) is 4.11. The Kier molecular flexibility index (Phi) is 4.05. The maximum Gasteiger partial charge on any atom is 0.183 e. The molecule has 0 heterocycles. The molecule has 4 heteroatoms. The van der Waals surface area contributed by atoms with Gasteiger partial charge in [0, 0.05) is 0 Å². The molecule has 0 aliphatic heterocycles. The Bertz CT molecular complexity index is 453. The zero-order valence-corrected chi connectivity index (χ0v) is 11.9. The first-order valence-electron chi connectivity index (χ1n) is 6.14. The average molecular weight is 315 g/mol. The molecule has 1 aliphatic carbocycles. The van der Waals surface area contributed by atoms with Crippen molar-refractivity contribution < 1.29 is 13.9 Å². The molecule has 0 spiro atoms. The molecule has 98 valence electrons. The third-order valence-electron chi connectivity index (χ3n) is 3.46. The van der Waals surface area contributed by atoms with Crippen molar-refractivity contribution in [1.82, 2.24) is 0 Å². The van der Waals surface area contributed by atoms with E-state index in [1.807, 2.05) is 0 Å². The van der Waals surface area contributed by atoms with Crippen LogP contribution in [0.2, 0.25) is 0 Å². The molecule has 0 saturated heterocycles. The van der Waals surface area contributed by atoms with Gasteiger partial charge >= 0.3 is 0 Å². The molecule has 0 N–H and O–H groups in total. The lowest BCUT2D eigenvalue weighted by Crippen LogP contribution is -2.34. The van der Waals surface area contributed by atoms with E-state index >= 15 is 0 Å². The molecule has 1 saturated carbocycles. The summed E-state index contributed by atoms with van der Waals surface area (Å²) >= 11 is 3.56. The standard InChI is InChI=1S/C14H16BrFO2/c1-18-12-6-5-10(16)9-11(12)13(17)14(15)7-3-2-4-8-14/h5-6,9H,2-4,7-8H2,1H3. The van der Waals surface area contributed by atoms with Crippen LogP contribution in [0.25, 0.3) is 0 Å². The van der Waals surface area contributed by atoms with E-state index in [4.69, 9.17) is 4.74 Å². The number of ether oxygens (including phenoxy) is 1. The van der Waals surface area contributed by atoms with Gasteiger partial charge < -0.3 is 4.74 Å². The minimum absolute atomic E-state index is 0.0708. The number of carbonyl (C=O) groups is 1. The maximum absolute atomic E-state index is 13.3. The molecule has 2 rings (SSSR count). The Morgan fingerprint density at radius 1 is 1.33 bits per heavy atom. The van der Waals surface area contributed by atoms with E-state index in [2.05, 4.69) is 15.9 Å². The minimum atomic E-state index is -0.549. The molecule has 1 aromatic carbocycles. The first-order chi connectivity index (χ1) is 8.57.